The van der Waals surface area contributed by atoms with E-state index in [1.165, 1.54) is 32.1 Å². The smallest absolute Gasteiger partial charge is 0.198 e. The number of rotatable bonds is 5. The molecule has 2 heterocycles. The number of aromatic hydroxyl groups is 1. The molecule has 1 saturated carbocycles. The number of methoxy groups -OCH3 is 1. The Labute approximate surface area is 145 Å². The van der Waals surface area contributed by atoms with Crippen molar-refractivity contribution in [3.8, 4) is 11.5 Å². The molecular formula is C19H19N3O3. The van der Waals surface area contributed by atoms with Gasteiger partial charge in [-0.15, -0.1) is 0 Å². The van der Waals surface area contributed by atoms with E-state index in [2.05, 4.69) is 17.0 Å². The number of phenols is 1. The molecule has 2 aromatic heterocycles. The molecule has 0 spiro atoms. The number of nitrogens with zero attached hydrogens (tertiary/aromatic N) is 3. The van der Waals surface area contributed by atoms with Gasteiger partial charge in [0.25, 0.3) is 0 Å². The maximum absolute atomic E-state index is 12.8. The van der Waals surface area contributed by atoms with E-state index in [9.17, 15) is 9.90 Å². The Hall–Kier alpha value is -2.89. The number of benzene rings is 1. The van der Waals surface area contributed by atoms with E-state index in [0.717, 1.165) is 11.0 Å². The Morgan fingerprint density at radius 3 is 2.84 bits per heavy atom. The molecule has 1 atom stereocenters. The standard InChI is InChI=1S/C19H19N3O3/c1-11(12-3-4-12)22-19-14(10-21-22)7-13(9-20-19)18(24)16-8-15(25-2)5-6-17(16)23/h5-12,23H,3-4H2,1-2H3/t11-/m1/s1. The number of hydrogen-bond acceptors (Lipinski definition) is 5. The van der Waals surface area contributed by atoms with Crippen molar-refractivity contribution in [2.45, 2.75) is 25.8 Å². The zero-order valence-electron chi connectivity index (χ0n) is 14.1. The molecule has 0 amide bonds. The minimum Gasteiger partial charge on any atom is -0.507 e. The van der Waals surface area contributed by atoms with Crippen molar-refractivity contribution >= 4 is 16.8 Å². The average Bonchev–Trinajstić information content (AvgIpc) is 3.40. The molecular weight excluding hydrogens is 318 g/mol. The second-order valence-electron chi connectivity index (χ2n) is 6.52. The topological polar surface area (TPSA) is 77.2 Å². The SMILES string of the molecule is COc1ccc(O)c(C(=O)c2cnc3c(cnn3[C@H](C)C3CC3)c2)c1. The van der Waals surface area contributed by atoms with E-state index < -0.39 is 0 Å². The van der Waals surface area contributed by atoms with Crippen LogP contribution in [0.25, 0.3) is 11.0 Å². The first-order chi connectivity index (χ1) is 12.1. The number of carbonyl (C=O) groups excluding carboxylic acids is 1. The van der Waals surface area contributed by atoms with Crippen LogP contribution < -0.4 is 4.74 Å². The van der Waals surface area contributed by atoms with Gasteiger partial charge < -0.3 is 9.84 Å². The fourth-order valence-corrected chi connectivity index (χ4v) is 3.12. The Morgan fingerprint density at radius 1 is 1.32 bits per heavy atom. The van der Waals surface area contributed by atoms with Gasteiger partial charge in [-0.2, -0.15) is 5.10 Å². The molecule has 0 aliphatic heterocycles. The molecule has 1 fully saturated rings. The van der Waals surface area contributed by atoms with Gasteiger partial charge in [0, 0.05) is 17.1 Å². The van der Waals surface area contributed by atoms with Crippen LogP contribution in [0.3, 0.4) is 0 Å². The molecule has 0 unspecified atom stereocenters. The maximum atomic E-state index is 12.8. The minimum atomic E-state index is -0.297. The lowest BCUT2D eigenvalue weighted by atomic mass is 10.0. The van der Waals surface area contributed by atoms with Crippen LogP contribution in [0.2, 0.25) is 0 Å². The van der Waals surface area contributed by atoms with Gasteiger partial charge in [0.15, 0.2) is 11.4 Å². The van der Waals surface area contributed by atoms with Crippen molar-refractivity contribution < 1.29 is 14.6 Å². The van der Waals surface area contributed by atoms with Crippen LogP contribution in [0, 0.1) is 5.92 Å². The fourth-order valence-electron chi connectivity index (χ4n) is 3.12. The second-order valence-corrected chi connectivity index (χ2v) is 6.52. The third-order valence-electron chi connectivity index (χ3n) is 4.83. The van der Waals surface area contributed by atoms with Crippen molar-refractivity contribution in [3.05, 3.63) is 47.8 Å². The summed E-state index contributed by atoms with van der Waals surface area (Å²) in [7, 11) is 1.52. The van der Waals surface area contributed by atoms with Gasteiger partial charge in [-0.25, -0.2) is 9.67 Å². The largest absolute Gasteiger partial charge is 0.507 e. The monoisotopic (exact) mass is 337 g/mol. The average molecular weight is 337 g/mol. The van der Waals surface area contributed by atoms with E-state index in [1.807, 2.05) is 4.68 Å². The number of ether oxygens (including phenoxy) is 1. The van der Waals surface area contributed by atoms with E-state index >= 15 is 0 Å². The molecule has 6 heteroatoms. The highest BCUT2D eigenvalue weighted by atomic mass is 16.5. The number of carbonyl (C=O) groups is 1. The van der Waals surface area contributed by atoms with Crippen LogP contribution in [0.4, 0.5) is 0 Å². The van der Waals surface area contributed by atoms with E-state index in [4.69, 9.17) is 4.74 Å². The summed E-state index contributed by atoms with van der Waals surface area (Å²) in [5.74, 6) is 0.805. The summed E-state index contributed by atoms with van der Waals surface area (Å²) in [5.41, 5.74) is 1.39. The number of ketones is 1. The third-order valence-corrected chi connectivity index (χ3v) is 4.83. The van der Waals surface area contributed by atoms with E-state index in [-0.39, 0.29) is 17.1 Å². The molecule has 0 radical (unpaired) electrons. The zero-order chi connectivity index (χ0) is 17.6. The number of aromatic nitrogens is 3. The third kappa shape index (κ3) is 2.73. The van der Waals surface area contributed by atoms with Gasteiger partial charge in [0.05, 0.1) is 24.9 Å². The minimum absolute atomic E-state index is 0.0797. The lowest BCUT2D eigenvalue weighted by molar-refractivity contribution is 0.103. The van der Waals surface area contributed by atoms with Crippen molar-refractivity contribution in [1.29, 1.82) is 0 Å². The molecule has 128 valence electrons. The Morgan fingerprint density at radius 2 is 2.12 bits per heavy atom. The summed E-state index contributed by atoms with van der Waals surface area (Å²) in [5, 5.41) is 15.3. The second kappa shape index (κ2) is 5.88. The Balaban J connectivity index is 1.71. The Bertz CT molecular complexity index is 960. The molecule has 1 aliphatic rings. The molecule has 1 N–H and O–H groups in total. The predicted molar refractivity (Wildman–Crippen MR) is 93.1 cm³/mol. The molecule has 25 heavy (non-hydrogen) atoms. The van der Waals surface area contributed by atoms with E-state index in [1.54, 1.807) is 24.5 Å². The maximum Gasteiger partial charge on any atom is 0.198 e. The molecule has 3 aromatic rings. The van der Waals surface area contributed by atoms with Crippen molar-refractivity contribution in [1.82, 2.24) is 14.8 Å². The van der Waals surface area contributed by atoms with Crippen LogP contribution in [-0.4, -0.2) is 32.8 Å². The molecule has 0 bridgehead atoms. The molecule has 1 aliphatic carbocycles. The van der Waals surface area contributed by atoms with Crippen LogP contribution in [-0.2, 0) is 0 Å². The summed E-state index contributed by atoms with van der Waals surface area (Å²) in [6.45, 7) is 2.15. The predicted octanol–water partition coefficient (Wildman–Crippen LogP) is 3.35. The number of fused-ring (bicyclic) bond motifs is 1. The lowest BCUT2D eigenvalue weighted by Gasteiger charge is -2.11. The van der Waals surface area contributed by atoms with Crippen LogP contribution in [0.5, 0.6) is 11.5 Å². The van der Waals surface area contributed by atoms with Gasteiger partial charge in [-0.1, -0.05) is 0 Å². The molecule has 0 saturated heterocycles. The van der Waals surface area contributed by atoms with E-state index in [0.29, 0.717) is 23.3 Å². The quantitative estimate of drug-likeness (QED) is 0.723. The summed E-state index contributed by atoms with van der Waals surface area (Å²) in [4.78, 5) is 17.2. The van der Waals surface area contributed by atoms with Crippen LogP contribution >= 0.6 is 0 Å². The lowest BCUT2D eigenvalue weighted by Crippen LogP contribution is -2.09. The first kappa shape index (κ1) is 15.6. The number of hydrogen-bond donors (Lipinski definition) is 1. The van der Waals surface area contributed by atoms with Gasteiger partial charge in [0.2, 0.25) is 0 Å². The number of phenolic OH excluding ortho intramolecular Hbond substituents is 1. The Kier molecular flexibility index (Phi) is 3.67. The highest BCUT2D eigenvalue weighted by Gasteiger charge is 2.30. The van der Waals surface area contributed by atoms with Crippen molar-refractivity contribution in [2.75, 3.05) is 7.11 Å². The fraction of sp³-hybridized carbons (Fsp3) is 0.316. The highest BCUT2D eigenvalue weighted by molar-refractivity contribution is 6.11. The summed E-state index contributed by atoms with van der Waals surface area (Å²) < 4.78 is 7.07. The molecule has 1 aromatic carbocycles. The van der Waals surface area contributed by atoms with Gasteiger partial charge >= 0.3 is 0 Å². The first-order valence-corrected chi connectivity index (χ1v) is 8.33. The van der Waals surface area contributed by atoms with Gasteiger partial charge in [-0.3, -0.25) is 4.79 Å². The number of pyridine rings is 1. The molecule has 6 nitrogen and oxygen atoms in total. The van der Waals surface area contributed by atoms with Crippen molar-refractivity contribution in [3.63, 3.8) is 0 Å². The zero-order valence-corrected chi connectivity index (χ0v) is 14.1. The summed E-state index contributed by atoms with van der Waals surface area (Å²) >= 11 is 0. The summed E-state index contributed by atoms with van der Waals surface area (Å²) in [6.07, 6.45) is 5.74. The first-order valence-electron chi connectivity index (χ1n) is 8.33. The normalized spacial score (nSPS) is 15.3. The summed E-state index contributed by atoms with van der Waals surface area (Å²) in [6, 6.07) is 6.67. The highest BCUT2D eigenvalue weighted by Crippen LogP contribution is 2.40. The van der Waals surface area contributed by atoms with Crippen LogP contribution in [0.1, 0.15) is 41.7 Å². The van der Waals surface area contributed by atoms with Gasteiger partial charge in [-0.05, 0) is 49.9 Å². The van der Waals surface area contributed by atoms with Crippen LogP contribution in [0.15, 0.2) is 36.7 Å². The van der Waals surface area contributed by atoms with Crippen molar-refractivity contribution in [2.24, 2.45) is 5.92 Å². The molecule has 4 rings (SSSR count). The van der Waals surface area contributed by atoms with Gasteiger partial charge in [0.1, 0.15) is 11.5 Å².